The van der Waals surface area contributed by atoms with Crippen molar-refractivity contribution in [3.8, 4) is 0 Å². The maximum atomic E-state index is 12.2. The molecule has 7 nitrogen and oxygen atoms in total. The van der Waals surface area contributed by atoms with Crippen LogP contribution in [0.2, 0.25) is 0 Å². The maximum absolute atomic E-state index is 12.2. The smallest absolute Gasteiger partial charge is 0.364 e. The lowest BCUT2D eigenvalue weighted by molar-refractivity contribution is -0.205. The van der Waals surface area contributed by atoms with Gasteiger partial charge in [-0.25, -0.2) is 19.7 Å². The average molecular weight is 385 g/mol. The number of carbonyl (C=O) groups excluding carboxylic acids is 2. The van der Waals surface area contributed by atoms with Crippen LogP contribution in [0.3, 0.4) is 0 Å². The number of hydrogen-bond donors (Lipinski definition) is 0. The van der Waals surface area contributed by atoms with Crippen LogP contribution in [0, 0.1) is 6.92 Å². The molecule has 0 N–H and O–H groups in total. The molecule has 1 aliphatic heterocycles. The second-order valence-corrected chi connectivity index (χ2v) is 5.82. The topological polar surface area (TPSA) is 77.4 Å². The predicted molar refractivity (Wildman–Crippen MR) is 85.6 cm³/mol. The molecule has 1 aromatic rings. The van der Waals surface area contributed by atoms with Gasteiger partial charge in [-0.1, -0.05) is 28.1 Å². The molecule has 124 valence electrons. The molecule has 0 bridgehead atoms. The molecule has 0 saturated carbocycles. The number of carbonyl (C=O) groups is 2. The van der Waals surface area contributed by atoms with Crippen LogP contribution in [0.5, 0.6) is 0 Å². The van der Waals surface area contributed by atoms with Gasteiger partial charge in [0.2, 0.25) is 0 Å². The summed E-state index contributed by atoms with van der Waals surface area (Å²) >= 11 is 3.46. The van der Waals surface area contributed by atoms with Gasteiger partial charge in [-0.3, -0.25) is 4.79 Å². The number of nitrogens with zero attached hydrogens (tertiary/aromatic N) is 2. The Kier molecular flexibility index (Phi) is 5.06. The lowest BCUT2D eigenvalue weighted by Crippen LogP contribution is -2.42. The van der Waals surface area contributed by atoms with Gasteiger partial charge in [0.05, 0.1) is 14.2 Å². The second kappa shape index (κ2) is 6.67. The molecule has 0 aliphatic carbocycles. The van der Waals surface area contributed by atoms with Gasteiger partial charge >= 0.3 is 11.9 Å². The fourth-order valence-electron chi connectivity index (χ4n) is 2.27. The zero-order valence-electron chi connectivity index (χ0n) is 13.3. The number of hydrogen-bond acceptors (Lipinski definition) is 7. The van der Waals surface area contributed by atoms with Crippen LogP contribution in [0.15, 0.2) is 27.7 Å². The van der Waals surface area contributed by atoms with E-state index in [1.807, 2.05) is 25.1 Å². The molecule has 23 heavy (non-hydrogen) atoms. The Bertz CT molecular complexity index is 676. The van der Waals surface area contributed by atoms with E-state index in [4.69, 9.17) is 9.57 Å². The van der Waals surface area contributed by atoms with E-state index in [-0.39, 0.29) is 6.42 Å². The number of ether oxygens (including phenoxy) is 2. The average Bonchev–Trinajstić information content (AvgIpc) is 2.86. The number of aliphatic imine (C=N–C) groups is 1. The summed E-state index contributed by atoms with van der Waals surface area (Å²) in [5.74, 6) is -0.963. The van der Waals surface area contributed by atoms with E-state index in [2.05, 4.69) is 25.7 Å². The molecule has 1 heterocycles. The van der Waals surface area contributed by atoms with Crippen LogP contribution < -0.4 is 0 Å². The molecule has 0 spiro atoms. The Morgan fingerprint density at radius 2 is 2.04 bits per heavy atom. The van der Waals surface area contributed by atoms with Crippen LogP contribution in [0.4, 0.5) is 0 Å². The summed E-state index contributed by atoms with van der Waals surface area (Å²) < 4.78 is 10.3. The summed E-state index contributed by atoms with van der Waals surface area (Å²) in [6, 6.07) is 5.60. The lowest BCUT2D eigenvalue weighted by atomic mass is 10.1. The van der Waals surface area contributed by atoms with Crippen molar-refractivity contribution >= 4 is 33.7 Å². The molecule has 0 saturated heterocycles. The summed E-state index contributed by atoms with van der Waals surface area (Å²) in [7, 11) is 4.05. The molecule has 1 aliphatic rings. The summed E-state index contributed by atoms with van der Waals surface area (Å²) in [4.78, 5) is 33.8. The summed E-state index contributed by atoms with van der Waals surface area (Å²) in [5.41, 5.74) is -0.0707. The molecule has 1 atom stereocenters. The van der Waals surface area contributed by atoms with Crippen LogP contribution in [0.1, 0.15) is 17.5 Å². The number of methoxy groups -OCH3 is 2. The Hall–Kier alpha value is -1.93. The minimum Gasteiger partial charge on any atom is -0.469 e. The molecule has 8 heteroatoms. The molecule has 0 amide bonds. The summed E-state index contributed by atoms with van der Waals surface area (Å²) in [6.07, 6.45) is -0.378. The molecule has 1 aromatic carbocycles. The summed E-state index contributed by atoms with van der Waals surface area (Å²) in [5, 5.41) is 1.36. The van der Waals surface area contributed by atoms with Crippen molar-refractivity contribution in [3.63, 3.8) is 0 Å². The van der Waals surface area contributed by atoms with Crippen molar-refractivity contribution in [1.82, 2.24) is 5.06 Å². The van der Waals surface area contributed by atoms with Crippen LogP contribution in [0.25, 0.3) is 0 Å². The van der Waals surface area contributed by atoms with Crippen molar-refractivity contribution in [1.29, 1.82) is 0 Å². The maximum Gasteiger partial charge on any atom is 0.364 e. The number of esters is 2. The normalized spacial score (nSPS) is 20.2. The van der Waals surface area contributed by atoms with Crippen molar-refractivity contribution in [2.75, 3.05) is 21.3 Å². The zero-order valence-corrected chi connectivity index (χ0v) is 14.8. The Morgan fingerprint density at radius 1 is 1.35 bits per heavy atom. The first-order chi connectivity index (χ1) is 10.8. The third kappa shape index (κ3) is 3.23. The van der Waals surface area contributed by atoms with Gasteiger partial charge < -0.3 is 9.47 Å². The van der Waals surface area contributed by atoms with E-state index in [0.717, 1.165) is 15.6 Å². The quantitative estimate of drug-likeness (QED) is 0.736. The van der Waals surface area contributed by atoms with Crippen molar-refractivity contribution in [3.05, 3.63) is 33.8 Å². The highest BCUT2D eigenvalue weighted by Gasteiger charge is 2.50. The highest BCUT2D eigenvalue weighted by atomic mass is 79.9. The SMILES string of the molecule is COC(=O)CC1(C(=O)OC)N=C(c2cccc(Br)c2C)N(C)O1. The lowest BCUT2D eigenvalue weighted by Gasteiger charge is -2.22. The minimum atomic E-state index is -1.78. The molecule has 0 radical (unpaired) electrons. The van der Waals surface area contributed by atoms with Crippen molar-refractivity contribution in [2.24, 2.45) is 4.99 Å². The van der Waals surface area contributed by atoms with E-state index < -0.39 is 17.7 Å². The molecule has 0 aromatic heterocycles. The first kappa shape index (κ1) is 17.4. The van der Waals surface area contributed by atoms with Gasteiger partial charge in [0.15, 0.2) is 5.84 Å². The van der Waals surface area contributed by atoms with Gasteiger partial charge in [-0.05, 0) is 18.6 Å². The zero-order chi connectivity index (χ0) is 17.2. The third-order valence-electron chi connectivity index (χ3n) is 3.50. The highest BCUT2D eigenvalue weighted by molar-refractivity contribution is 9.10. The number of benzene rings is 1. The van der Waals surface area contributed by atoms with Gasteiger partial charge in [-0.15, -0.1) is 0 Å². The van der Waals surface area contributed by atoms with E-state index in [9.17, 15) is 9.59 Å². The molecule has 2 rings (SSSR count). The van der Waals surface area contributed by atoms with Crippen molar-refractivity contribution in [2.45, 2.75) is 19.1 Å². The summed E-state index contributed by atoms with van der Waals surface area (Å²) in [6.45, 7) is 1.91. The fourth-order valence-corrected chi connectivity index (χ4v) is 2.63. The first-order valence-electron chi connectivity index (χ1n) is 6.78. The second-order valence-electron chi connectivity index (χ2n) is 4.97. The van der Waals surface area contributed by atoms with Gasteiger partial charge in [0.1, 0.15) is 6.42 Å². The third-order valence-corrected chi connectivity index (χ3v) is 4.36. The molecular formula is C15H17BrN2O5. The molecule has 0 fully saturated rings. The Morgan fingerprint density at radius 3 is 2.65 bits per heavy atom. The van der Waals surface area contributed by atoms with Crippen LogP contribution in [-0.4, -0.2) is 49.8 Å². The Balaban J connectivity index is 2.51. The van der Waals surface area contributed by atoms with E-state index in [1.54, 1.807) is 7.05 Å². The number of rotatable bonds is 4. The van der Waals surface area contributed by atoms with Gasteiger partial charge in [0, 0.05) is 17.1 Å². The number of hydroxylamine groups is 2. The largest absolute Gasteiger partial charge is 0.469 e. The van der Waals surface area contributed by atoms with Crippen LogP contribution in [-0.2, 0) is 23.9 Å². The van der Waals surface area contributed by atoms with E-state index >= 15 is 0 Å². The number of halogens is 1. The first-order valence-corrected chi connectivity index (χ1v) is 7.57. The Labute approximate surface area is 142 Å². The standard InChI is InChI=1S/C15H17BrN2O5/c1-9-10(6-5-7-11(9)16)13-17-15(14(20)22-4,23-18(13)2)8-12(19)21-3/h5-7H,8H2,1-4H3. The number of amidine groups is 1. The van der Waals surface area contributed by atoms with E-state index in [0.29, 0.717) is 5.84 Å². The highest BCUT2D eigenvalue weighted by Crippen LogP contribution is 2.32. The van der Waals surface area contributed by atoms with Crippen molar-refractivity contribution < 1.29 is 23.9 Å². The predicted octanol–water partition coefficient (Wildman–Crippen LogP) is 1.81. The monoisotopic (exact) mass is 384 g/mol. The van der Waals surface area contributed by atoms with Crippen LogP contribution >= 0.6 is 15.9 Å². The van der Waals surface area contributed by atoms with Gasteiger partial charge in [-0.2, -0.15) is 0 Å². The molecule has 1 unspecified atom stereocenters. The fraction of sp³-hybridized carbons (Fsp3) is 0.400. The minimum absolute atomic E-state index is 0.378. The van der Waals surface area contributed by atoms with E-state index in [1.165, 1.54) is 19.3 Å². The van der Waals surface area contributed by atoms with Gasteiger partial charge in [0.25, 0.3) is 5.72 Å². The molecular weight excluding hydrogens is 368 g/mol.